The highest BCUT2D eigenvalue weighted by Gasteiger charge is 2.23. The van der Waals surface area contributed by atoms with Crippen molar-refractivity contribution < 1.29 is 9.53 Å². The van der Waals surface area contributed by atoms with Gasteiger partial charge in [-0.1, -0.05) is 0 Å². The van der Waals surface area contributed by atoms with Crippen molar-refractivity contribution in [2.45, 2.75) is 32.3 Å². The van der Waals surface area contributed by atoms with Crippen molar-refractivity contribution in [2.24, 2.45) is 0 Å². The smallest absolute Gasteiger partial charge is 0.216 e. The number of fused-ring (bicyclic) bond motifs is 1. The molecule has 0 saturated heterocycles. The second-order valence-corrected chi connectivity index (χ2v) is 6.15. The molecule has 0 radical (unpaired) electrons. The summed E-state index contributed by atoms with van der Waals surface area (Å²) in [6.45, 7) is 2.15. The Balaban J connectivity index is 1.89. The van der Waals surface area contributed by atoms with Gasteiger partial charge in [-0.25, -0.2) is 4.98 Å². The van der Waals surface area contributed by atoms with E-state index in [1.165, 1.54) is 6.92 Å². The van der Waals surface area contributed by atoms with Crippen molar-refractivity contribution in [1.29, 1.82) is 0 Å². The standard InChI is InChI=1S/C16H17BrN2O2/c1-10(20)18-7-6-11-8-16(17)19-15-5-4-13(9-14(11)15)21-12-2-3-12/h4-5,8-9,12H,2-3,6-7H2,1H3,(H,18,20). The summed E-state index contributed by atoms with van der Waals surface area (Å²) in [6.07, 6.45) is 3.44. The third-order valence-electron chi connectivity index (χ3n) is 3.43. The van der Waals surface area contributed by atoms with Gasteiger partial charge in [0.25, 0.3) is 0 Å². The lowest BCUT2D eigenvalue weighted by Gasteiger charge is -2.10. The van der Waals surface area contributed by atoms with Crippen molar-refractivity contribution in [2.75, 3.05) is 6.54 Å². The van der Waals surface area contributed by atoms with Gasteiger partial charge in [0.1, 0.15) is 10.4 Å². The summed E-state index contributed by atoms with van der Waals surface area (Å²) in [4.78, 5) is 15.5. The number of pyridine rings is 1. The average molecular weight is 349 g/mol. The molecule has 5 heteroatoms. The largest absolute Gasteiger partial charge is 0.490 e. The molecule has 0 spiro atoms. The minimum Gasteiger partial charge on any atom is -0.490 e. The highest BCUT2D eigenvalue weighted by Crippen LogP contribution is 2.30. The molecular formula is C16H17BrN2O2. The van der Waals surface area contributed by atoms with Crippen LogP contribution in [0.5, 0.6) is 5.75 Å². The second kappa shape index (κ2) is 6.02. The molecule has 1 saturated carbocycles. The van der Waals surface area contributed by atoms with Crippen LogP contribution in [0.15, 0.2) is 28.9 Å². The first-order valence-electron chi connectivity index (χ1n) is 7.12. The van der Waals surface area contributed by atoms with E-state index in [0.717, 1.165) is 46.1 Å². The Morgan fingerprint density at radius 1 is 1.43 bits per heavy atom. The predicted octanol–water partition coefficient (Wildman–Crippen LogP) is 3.22. The number of aromatic nitrogens is 1. The fourth-order valence-electron chi connectivity index (χ4n) is 2.27. The molecule has 1 aromatic carbocycles. The molecule has 0 aliphatic heterocycles. The van der Waals surface area contributed by atoms with Gasteiger partial charge in [0, 0.05) is 18.9 Å². The first kappa shape index (κ1) is 14.3. The van der Waals surface area contributed by atoms with Gasteiger partial charge >= 0.3 is 0 Å². The Morgan fingerprint density at radius 2 is 2.24 bits per heavy atom. The van der Waals surface area contributed by atoms with Gasteiger partial charge in [0.2, 0.25) is 5.91 Å². The summed E-state index contributed by atoms with van der Waals surface area (Å²) in [5.41, 5.74) is 2.09. The van der Waals surface area contributed by atoms with Crippen LogP contribution in [-0.2, 0) is 11.2 Å². The molecule has 1 amide bonds. The van der Waals surface area contributed by atoms with Crippen LogP contribution in [0.25, 0.3) is 10.9 Å². The Labute approximate surface area is 132 Å². The lowest BCUT2D eigenvalue weighted by atomic mass is 10.1. The van der Waals surface area contributed by atoms with Gasteiger partial charge in [-0.15, -0.1) is 0 Å². The number of rotatable bonds is 5. The molecule has 2 aromatic rings. The molecule has 1 heterocycles. The maximum absolute atomic E-state index is 11.0. The third-order valence-corrected chi connectivity index (χ3v) is 3.84. The van der Waals surface area contributed by atoms with Crippen molar-refractivity contribution in [3.63, 3.8) is 0 Å². The van der Waals surface area contributed by atoms with Gasteiger partial charge in [-0.2, -0.15) is 0 Å². The Kier molecular flexibility index (Phi) is 4.10. The fraction of sp³-hybridized carbons (Fsp3) is 0.375. The minimum atomic E-state index is -0.00909. The number of hydrogen-bond acceptors (Lipinski definition) is 3. The SMILES string of the molecule is CC(=O)NCCc1cc(Br)nc2ccc(OC3CC3)cc12. The molecule has 4 nitrogen and oxygen atoms in total. The number of carbonyl (C=O) groups excluding carboxylic acids is 1. The summed E-state index contributed by atoms with van der Waals surface area (Å²) in [5.74, 6) is 0.889. The van der Waals surface area contributed by atoms with E-state index in [0.29, 0.717) is 12.6 Å². The lowest BCUT2D eigenvalue weighted by molar-refractivity contribution is -0.118. The van der Waals surface area contributed by atoms with E-state index >= 15 is 0 Å². The van der Waals surface area contributed by atoms with Gasteiger partial charge in [-0.05, 0) is 65.0 Å². The highest BCUT2D eigenvalue weighted by molar-refractivity contribution is 9.10. The maximum atomic E-state index is 11.0. The number of carbonyl (C=O) groups is 1. The van der Waals surface area contributed by atoms with Crippen molar-refractivity contribution in [3.05, 3.63) is 34.4 Å². The molecule has 0 unspecified atom stereocenters. The van der Waals surface area contributed by atoms with Crippen LogP contribution in [0, 0.1) is 0 Å². The fourth-order valence-corrected chi connectivity index (χ4v) is 2.74. The first-order valence-corrected chi connectivity index (χ1v) is 7.91. The van der Waals surface area contributed by atoms with Crippen LogP contribution in [-0.4, -0.2) is 23.5 Å². The number of hydrogen-bond donors (Lipinski definition) is 1. The first-order chi connectivity index (χ1) is 10.1. The summed E-state index contributed by atoms with van der Waals surface area (Å²) < 4.78 is 6.66. The normalized spacial score (nSPS) is 14.2. The van der Waals surface area contributed by atoms with Crippen LogP contribution in [0.1, 0.15) is 25.3 Å². The van der Waals surface area contributed by atoms with Gasteiger partial charge in [-0.3, -0.25) is 4.79 Å². The van der Waals surface area contributed by atoms with Crippen LogP contribution < -0.4 is 10.1 Å². The number of ether oxygens (including phenoxy) is 1. The molecule has 1 aliphatic carbocycles. The van der Waals surface area contributed by atoms with E-state index in [1.54, 1.807) is 0 Å². The molecule has 110 valence electrons. The Bertz CT molecular complexity index is 683. The van der Waals surface area contributed by atoms with Gasteiger partial charge in [0.05, 0.1) is 11.6 Å². The molecule has 1 aromatic heterocycles. The zero-order chi connectivity index (χ0) is 14.8. The van der Waals surface area contributed by atoms with E-state index in [9.17, 15) is 4.79 Å². The monoisotopic (exact) mass is 348 g/mol. The number of amides is 1. The molecule has 0 bridgehead atoms. The van der Waals surface area contributed by atoms with Gasteiger partial charge in [0.15, 0.2) is 0 Å². The Morgan fingerprint density at radius 3 is 2.95 bits per heavy atom. The number of nitrogens with one attached hydrogen (secondary N) is 1. The molecule has 1 aliphatic rings. The second-order valence-electron chi connectivity index (χ2n) is 5.33. The van der Waals surface area contributed by atoms with E-state index in [2.05, 4.69) is 32.3 Å². The molecule has 3 rings (SSSR count). The van der Waals surface area contributed by atoms with Gasteiger partial charge < -0.3 is 10.1 Å². The summed E-state index contributed by atoms with van der Waals surface area (Å²) in [6, 6.07) is 8.01. The van der Waals surface area contributed by atoms with Crippen molar-refractivity contribution in [3.8, 4) is 5.75 Å². The predicted molar refractivity (Wildman–Crippen MR) is 85.5 cm³/mol. The summed E-state index contributed by atoms with van der Waals surface area (Å²) in [5, 5.41) is 3.91. The topological polar surface area (TPSA) is 51.2 Å². The summed E-state index contributed by atoms with van der Waals surface area (Å²) in [7, 11) is 0. The van der Waals surface area contributed by atoms with Crippen molar-refractivity contribution >= 4 is 32.7 Å². The molecule has 1 fully saturated rings. The Hall–Kier alpha value is -1.62. The number of benzene rings is 1. The lowest BCUT2D eigenvalue weighted by Crippen LogP contribution is -2.22. The number of halogens is 1. The van der Waals surface area contributed by atoms with E-state index in [-0.39, 0.29) is 5.91 Å². The third kappa shape index (κ3) is 3.73. The molecule has 21 heavy (non-hydrogen) atoms. The minimum absolute atomic E-state index is 0.00909. The van der Waals surface area contributed by atoms with Crippen LogP contribution >= 0.6 is 15.9 Å². The summed E-state index contributed by atoms with van der Waals surface area (Å²) >= 11 is 3.44. The van der Waals surface area contributed by atoms with Crippen molar-refractivity contribution in [1.82, 2.24) is 10.3 Å². The quantitative estimate of drug-likeness (QED) is 0.844. The van der Waals surface area contributed by atoms with E-state index in [1.807, 2.05) is 18.2 Å². The average Bonchev–Trinajstić information content (AvgIpc) is 3.23. The van der Waals surface area contributed by atoms with Crippen LogP contribution in [0.4, 0.5) is 0 Å². The van der Waals surface area contributed by atoms with E-state index in [4.69, 9.17) is 4.74 Å². The molecule has 0 atom stereocenters. The molecular weight excluding hydrogens is 332 g/mol. The van der Waals surface area contributed by atoms with Crippen LogP contribution in [0.2, 0.25) is 0 Å². The highest BCUT2D eigenvalue weighted by atomic mass is 79.9. The zero-order valence-corrected chi connectivity index (χ0v) is 13.4. The van der Waals surface area contributed by atoms with Crippen LogP contribution in [0.3, 0.4) is 0 Å². The maximum Gasteiger partial charge on any atom is 0.216 e. The molecule has 1 N–H and O–H groups in total. The number of nitrogens with zero attached hydrogens (tertiary/aromatic N) is 1. The zero-order valence-electron chi connectivity index (χ0n) is 11.9. The van der Waals surface area contributed by atoms with E-state index < -0.39 is 0 Å².